The molecule has 2 amide bonds. The Kier molecular flexibility index (Phi) is 7.51. The van der Waals surface area contributed by atoms with Gasteiger partial charge in [-0.15, -0.1) is 0 Å². The van der Waals surface area contributed by atoms with Crippen LogP contribution >= 0.6 is 22.6 Å². The lowest BCUT2D eigenvalue weighted by Crippen LogP contribution is -2.39. The molecule has 2 aliphatic heterocycles. The number of nitrogens with zero attached hydrogens (tertiary/aromatic N) is 2. The van der Waals surface area contributed by atoms with Crippen molar-refractivity contribution in [1.82, 2.24) is 9.80 Å². The molecule has 2 aliphatic rings. The van der Waals surface area contributed by atoms with E-state index < -0.39 is 5.91 Å². The molecule has 4 rings (SSSR count). The van der Waals surface area contributed by atoms with Crippen LogP contribution in [0.2, 0.25) is 0 Å². The zero-order chi connectivity index (χ0) is 22.7. The van der Waals surface area contributed by atoms with Crippen molar-refractivity contribution in [2.75, 3.05) is 13.1 Å². The molecule has 0 bridgehead atoms. The van der Waals surface area contributed by atoms with Crippen molar-refractivity contribution >= 4 is 34.4 Å². The van der Waals surface area contributed by atoms with Crippen LogP contribution in [0.1, 0.15) is 83.3 Å². The van der Waals surface area contributed by atoms with E-state index in [1.165, 1.54) is 35.8 Å². The molecule has 2 atom stereocenters. The minimum atomic E-state index is -0.496. The lowest BCUT2D eigenvalue weighted by atomic mass is 9.97. The van der Waals surface area contributed by atoms with Gasteiger partial charge in [0.05, 0.1) is 6.04 Å². The molecule has 170 valence electrons. The fraction of sp³-hybridized carbons (Fsp3) is 0.462. The zero-order valence-corrected chi connectivity index (χ0v) is 20.9. The molecule has 5 nitrogen and oxygen atoms in total. The summed E-state index contributed by atoms with van der Waals surface area (Å²) in [4.78, 5) is 29.7. The van der Waals surface area contributed by atoms with Crippen molar-refractivity contribution in [3.63, 3.8) is 0 Å². The molecule has 2 heterocycles. The number of carbonyl (C=O) groups excluding carboxylic acids is 2. The molecule has 1 fully saturated rings. The van der Waals surface area contributed by atoms with Gasteiger partial charge in [0.1, 0.15) is 0 Å². The van der Waals surface area contributed by atoms with E-state index in [2.05, 4.69) is 58.7 Å². The summed E-state index contributed by atoms with van der Waals surface area (Å²) in [6.07, 6.45) is 7.11. The molecule has 32 heavy (non-hydrogen) atoms. The topological polar surface area (TPSA) is 66.6 Å². The van der Waals surface area contributed by atoms with Crippen LogP contribution < -0.4 is 5.73 Å². The first-order valence-electron chi connectivity index (χ1n) is 11.7. The lowest BCUT2D eigenvalue weighted by molar-refractivity contribution is 0.0690. The Morgan fingerprint density at radius 2 is 1.94 bits per heavy atom. The van der Waals surface area contributed by atoms with Gasteiger partial charge in [0, 0.05) is 27.3 Å². The first kappa shape index (κ1) is 23.2. The number of piperidine rings is 1. The molecule has 0 aliphatic carbocycles. The highest BCUT2D eigenvalue weighted by molar-refractivity contribution is 14.1. The third kappa shape index (κ3) is 5.01. The number of likely N-dealkylation sites (tertiary alicyclic amines) is 1. The highest BCUT2D eigenvalue weighted by Gasteiger charge is 2.37. The van der Waals surface area contributed by atoms with E-state index >= 15 is 0 Å². The lowest BCUT2D eigenvalue weighted by Gasteiger charge is -2.35. The summed E-state index contributed by atoms with van der Waals surface area (Å²) >= 11 is 2.29. The van der Waals surface area contributed by atoms with Gasteiger partial charge in [0.25, 0.3) is 5.91 Å². The van der Waals surface area contributed by atoms with Gasteiger partial charge in [0.15, 0.2) is 0 Å². The smallest absolute Gasteiger partial charge is 0.255 e. The van der Waals surface area contributed by atoms with E-state index in [9.17, 15) is 9.59 Å². The van der Waals surface area contributed by atoms with Crippen LogP contribution in [0.5, 0.6) is 0 Å². The second-order valence-electron chi connectivity index (χ2n) is 8.98. The number of amides is 2. The minimum Gasteiger partial charge on any atom is -0.366 e. The van der Waals surface area contributed by atoms with Gasteiger partial charge in [0.2, 0.25) is 5.91 Å². The van der Waals surface area contributed by atoms with E-state index in [0.29, 0.717) is 23.7 Å². The Labute approximate surface area is 204 Å². The largest absolute Gasteiger partial charge is 0.366 e. The molecule has 2 unspecified atom stereocenters. The SMILES string of the molecule is CCC1CCCCN1CCCC1c2ccc(C(N)=O)cc2C(=O)N1Cc1ccc(I)cc1. The highest BCUT2D eigenvalue weighted by Crippen LogP contribution is 2.38. The average Bonchev–Trinajstić information content (AvgIpc) is 3.06. The number of halogens is 1. The van der Waals surface area contributed by atoms with Gasteiger partial charge >= 0.3 is 0 Å². The van der Waals surface area contributed by atoms with Crippen LogP contribution in [0, 0.1) is 3.57 Å². The van der Waals surface area contributed by atoms with Crippen molar-refractivity contribution in [1.29, 1.82) is 0 Å². The summed E-state index contributed by atoms with van der Waals surface area (Å²) in [5.41, 5.74) is 8.64. The Balaban J connectivity index is 1.53. The maximum Gasteiger partial charge on any atom is 0.255 e. The summed E-state index contributed by atoms with van der Waals surface area (Å²) < 4.78 is 1.18. The van der Waals surface area contributed by atoms with Gasteiger partial charge in [-0.25, -0.2) is 0 Å². The van der Waals surface area contributed by atoms with Crippen LogP contribution in [-0.2, 0) is 6.54 Å². The second-order valence-corrected chi connectivity index (χ2v) is 10.2. The van der Waals surface area contributed by atoms with Crippen molar-refractivity contribution in [3.8, 4) is 0 Å². The van der Waals surface area contributed by atoms with E-state index in [-0.39, 0.29) is 11.9 Å². The minimum absolute atomic E-state index is 0.00365. The molecule has 1 saturated heterocycles. The quantitative estimate of drug-likeness (QED) is 0.468. The van der Waals surface area contributed by atoms with Gasteiger partial charge in [-0.05, 0) is 103 Å². The van der Waals surface area contributed by atoms with Crippen molar-refractivity contribution in [2.24, 2.45) is 5.73 Å². The number of fused-ring (bicyclic) bond motifs is 1. The van der Waals surface area contributed by atoms with Crippen LogP contribution in [0.15, 0.2) is 42.5 Å². The van der Waals surface area contributed by atoms with Crippen LogP contribution in [0.3, 0.4) is 0 Å². The van der Waals surface area contributed by atoms with E-state index in [1.807, 2.05) is 11.0 Å². The Bertz CT molecular complexity index is 976. The highest BCUT2D eigenvalue weighted by atomic mass is 127. The van der Waals surface area contributed by atoms with Crippen molar-refractivity contribution < 1.29 is 9.59 Å². The summed E-state index contributed by atoms with van der Waals surface area (Å²) in [5.74, 6) is -0.500. The monoisotopic (exact) mass is 545 g/mol. The van der Waals surface area contributed by atoms with E-state index in [1.54, 1.807) is 12.1 Å². The number of hydrogen-bond acceptors (Lipinski definition) is 3. The molecular formula is C26H32IN3O2. The van der Waals surface area contributed by atoms with Gasteiger partial charge in [-0.2, -0.15) is 0 Å². The molecular weight excluding hydrogens is 513 g/mol. The average molecular weight is 545 g/mol. The third-order valence-electron chi connectivity index (χ3n) is 6.97. The number of carbonyl (C=O) groups is 2. The second kappa shape index (κ2) is 10.3. The van der Waals surface area contributed by atoms with Crippen molar-refractivity contribution in [2.45, 2.75) is 64.1 Å². The first-order chi connectivity index (χ1) is 15.5. The number of nitrogens with two attached hydrogens (primary N) is 1. The maximum absolute atomic E-state index is 13.4. The van der Waals surface area contributed by atoms with Crippen LogP contribution in [0.25, 0.3) is 0 Å². The standard InChI is InChI=1S/C26H32IN3O2/c1-2-21-6-3-4-14-29(21)15-5-7-24-22-13-10-19(25(28)31)16-23(22)26(32)30(24)17-18-8-11-20(27)12-9-18/h8-13,16,21,24H,2-7,14-15,17H2,1H3,(H2,28,31). The van der Waals surface area contributed by atoms with E-state index in [0.717, 1.165) is 30.5 Å². The predicted octanol–water partition coefficient (Wildman–Crippen LogP) is 5.13. The number of benzene rings is 2. The molecule has 0 saturated carbocycles. The third-order valence-corrected chi connectivity index (χ3v) is 7.69. The zero-order valence-electron chi connectivity index (χ0n) is 18.7. The van der Waals surface area contributed by atoms with Gasteiger partial charge < -0.3 is 15.5 Å². The summed E-state index contributed by atoms with van der Waals surface area (Å²) in [7, 11) is 0. The Morgan fingerprint density at radius 3 is 2.66 bits per heavy atom. The summed E-state index contributed by atoms with van der Waals surface area (Å²) in [5, 5.41) is 0. The number of primary amides is 1. The molecule has 0 aromatic heterocycles. The van der Waals surface area contributed by atoms with Gasteiger partial charge in [-0.1, -0.05) is 31.5 Å². The molecule has 2 aromatic carbocycles. The first-order valence-corrected chi connectivity index (χ1v) is 12.8. The van der Waals surface area contributed by atoms with Crippen LogP contribution in [-0.4, -0.2) is 40.7 Å². The van der Waals surface area contributed by atoms with Crippen molar-refractivity contribution in [3.05, 3.63) is 68.3 Å². The van der Waals surface area contributed by atoms with Crippen LogP contribution in [0.4, 0.5) is 0 Å². The molecule has 0 radical (unpaired) electrons. The summed E-state index contributed by atoms with van der Waals surface area (Å²) in [6.45, 7) is 5.12. The fourth-order valence-electron chi connectivity index (χ4n) is 5.23. The molecule has 2 N–H and O–H groups in total. The normalized spacial score (nSPS) is 21.1. The molecule has 2 aromatic rings. The Hall–Kier alpha value is -1.93. The number of rotatable bonds is 8. The van der Waals surface area contributed by atoms with E-state index in [4.69, 9.17) is 5.73 Å². The molecule has 6 heteroatoms. The fourth-order valence-corrected chi connectivity index (χ4v) is 5.59. The molecule has 0 spiro atoms. The van der Waals surface area contributed by atoms with Gasteiger partial charge in [-0.3, -0.25) is 9.59 Å². The number of hydrogen-bond donors (Lipinski definition) is 1. The maximum atomic E-state index is 13.4. The predicted molar refractivity (Wildman–Crippen MR) is 135 cm³/mol. The summed E-state index contributed by atoms with van der Waals surface area (Å²) in [6, 6.07) is 14.4. The Morgan fingerprint density at radius 1 is 1.16 bits per heavy atom.